The second-order valence-electron chi connectivity index (χ2n) is 5.70. The van der Waals surface area contributed by atoms with Crippen molar-refractivity contribution in [3.63, 3.8) is 0 Å². The first kappa shape index (κ1) is 16.9. The third-order valence-corrected chi connectivity index (χ3v) is 2.52. The second-order valence-corrected chi connectivity index (χ2v) is 5.70. The standard InChI is InChI=1S/C15H25N3O3/c1-15(2,3)21-14(19)18-7-5-6-17-12-8-11(16)9-13(10-12)20-4/h8-10,17H,5-7,16H2,1-4H3,(H,18,19). The van der Waals surface area contributed by atoms with Crippen LogP contribution in [0.25, 0.3) is 0 Å². The lowest BCUT2D eigenvalue weighted by Gasteiger charge is -2.19. The summed E-state index contributed by atoms with van der Waals surface area (Å²) in [6.07, 6.45) is 0.379. The quantitative estimate of drug-likeness (QED) is 0.555. The number of nitrogens with two attached hydrogens (primary N) is 1. The summed E-state index contributed by atoms with van der Waals surface area (Å²) in [5.74, 6) is 0.712. The molecule has 0 saturated heterocycles. The summed E-state index contributed by atoms with van der Waals surface area (Å²) < 4.78 is 10.3. The van der Waals surface area contributed by atoms with E-state index in [1.165, 1.54) is 0 Å². The number of carbonyl (C=O) groups excluding carboxylic acids is 1. The van der Waals surface area contributed by atoms with Gasteiger partial charge in [-0.25, -0.2) is 4.79 Å². The largest absolute Gasteiger partial charge is 0.497 e. The number of hydrogen-bond acceptors (Lipinski definition) is 5. The highest BCUT2D eigenvalue weighted by atomic mass is 16.6. The molecular weight excluding hydrogens is 270 g/mol. The van der Waals surface area contributed by atoms with E-state index in [9.17, 15) is 4.79 Å². The summed E-state index contributed by atoms with van der Waals surface area (Å²) >= 11 is 0. The number of nitrogens with one attached hydrogen (secondary N) is 2. The van der Waals surface area contributed by atoms with Crippen molar-refractivity contribution in [3.05, 3.63) is 18.2 Å². The molecule has 0 radical (unpaired) electrons. The Morgan fingerprint density at radius 1 is 1.24 bits per heavy atom. The summed E-state index contributed by atoms with van der Waals surface area (Å²) in [5, 5.41) is 5.94. The lowest BCUT2D eigenvalue weighted by molar-refractivity contribution is 0.0528. The molecule has 1 aromatic rings. The van der Waals surface area contributed by atoms with Gasteiger partial charge in [-0.15, -0.1) is 0 Å². The fourth-order valence-corrected chi connectivity index (χ4v) is 1.67. The Kier molecular flexibility index (Phi) is 6.14. The number of carbonyl (C=O) groups is 1. The fourth-order valence-electron chi connectivity index (χ4n) is 1.67. The molecule has 0 aliphatic carbocycles. The number of rotatable bonds is 6. The Bertz CT molecular complexity index is 470. The molecule has 1 rings (SSSR count). The van der Waals surface area contributed by atoms with Crippen molar-refractivity contribution in [2.75, 3.05) is 31.2 Å². The number of methoxy groups -OCH3 is 1. The zero-order valence-corrected chi connectivity index (χ0v) is 13.2. The maximum atomic E-state index is 11.4. The zero-order chi connectivity index (χ0) is 15.9. The van der Waals surface area contributed by atoms with E-state index in [2.05, 4.69) is 10.6 Å². The van der Waals surface area contributed by atoms with E-state index in [0.717, 1.165) is 12.1 Å². The van der Waals surface area contributed by atoms with E-state index in [-0.39, 0.29) is 0 Å². The van der Waals surface area contributed by atoms with Crippen LogP contribution in [0.15, 0.2) is 18.2 Å². The summed E-state index contributed by atoms with van der Waals surface area (Å²) in [6.45, 7) is 6.76. The highest BCUT2D eigenvalue weighted by molar-refractivity contribution is 5.67. The van der Waals surface area contributed by atoms with Crippen molar-refractivity contribution >= 4 is 17.5 Å². The molecule has 118 valence electrons. The van der Waals surface area contributed by atoms with Crippen molar-refractivity contribution in [2.45, 2.75) is 32.8 Å². The molecule has 0 bridgehead atoms. The van der Waals surface area contributed by atoms with Gasteiger partial charge in [0.05, 0.1) is 7.11 Å². The van der Waals surface area contributed by atoms with Crippen LogP contribution < -0.4 is 21.1 Å². The van der Waals surface area contributed by atoms with Crippen LogP contribution in [-0.2, 0) is 4.74 Å². The van der Waals surface area contributed by atoms with Crippen molar-refractivity contribution < 1.29 is 14.3 Å². The molecule has 0 fully saturated rings. The molecule has 0 heterocycles. The lowest BCUT2D eigenvalue weighted by Crippen LogP contribution is -2.33. The van der Waals surface area contributed by atoms with Gasteiger partial charge < -0.3 is 25.8 Å². The molecule has 0 atom stereocenters. The van der Waals surface area contributed by atoms with Crippen LogP contribution in [0.3, 0.4) is 0 Å². The van der Waals surface area contributed by atoms with Gasteiger partial charge in [0.1, 0.15) is 11.4 Å². The number of amides is 1. The number of ether oxygens (including phenoxy) is 2. The minimum Gasteiger partial charge on any atom is -0.497 e. The van der Waals surface area contributed by atoms with Gasteiger partial charge in [-0.05, 0) is 33.3 Å². The van der Waals surface area contributed by atoms with Crippen LogP contribution in [0, 0.1) is 0 Å². The van der Waals surface area contributed by atoms with Crippen LogP contribution in [0.1, 0.15) is 27.2 Å². The third kappa shape index (κ3) is 7.29. The predicted octanol–water partition coefficient (Wildman–Crippen LogP) is 2.60. The lowest BCUT2D eigenvalue weighted by atomic mass is 10.2. The molecule has 1 amide bonds. The first-order valence-corrected chi connectivity index (χ1v) is 6.95. The molecule has 0 aliphatic heterocycles. The number of nitrogen functional groups attached to an aromatic ring is 1. The highest BCUT2D eigenvalue weighted by Crippen LogP contribution is 2.21. The number of hydrogen-bond donors (Lipinski definition) is 3. The van der Waals surface area contributed by atoms with E-state index in [1.807, 2.05) is 32.9 Å². The Morgan fingerprint density at radius 3 is 2.57 bits per heavy atom. The highest BCUT2D eigenvalue weighted by Gasteiger charge is 2.15. The zero-order valence-electron chi connectivity index (χ0n) is 13.2. The summed E-state index contributed by atoms with van der Waals surface area (Å²) in [7, 11) is 1.60. The van der Waals surface area contributed by atoms with Gasteiger partial charge >= 0.3 is 6.09 Å². The maximum Gasteiger partial charge on any atom is 0.407 e. The Morgan fingerprint density at radius 2 is 1.95 bits per heavy atom. The number of alkyl carbamates (subject to hydrolysis) is 1. The molecule has 21 heavy (non-hydrogen) atoms. The van der Waals surface area contributed by atoms with Crippen LogP contribution >= 0.6 is 0 Å². The van der Waals surface area contributed by atoms with E-state index in [4.69, 9.17) is 15.2 Å². The molecule has 0 aliphatic rings. The average molecular weight is 295 g/mol. The van der Waals surface area contributed by atoms with Gasteiger partial charge in [0.25, 0.3) is 0 Å². The molecule has 0 aromatic heterocycles. The average Bonchev–Trinajstić information content (AvgIpc) is 2.35. The molecule has 4 N–H and O–H groups in total. The van der Waals surface area contributed by atoms with Gasteiger partial charge in [0.2, 0.25) is 0 Å². The van der Waals surface area contributed by atoms with Gasteiger partial charge in [-0.3, -0.25) is 0 Å². The van der Waals surface area contributed by atoms with Gasteiger partial charge in [-0.1, -0.05) is 0 Å². The van der Waals surface area contributed by atoms with E-state index in [1.54, 1.807) is 13.2 Å². The first-order valence-electron chi connectivity index (χ1n) is 6.95. The molecule has 0 unspecified atom stereocenters. The van der Waals surface area contributed by atoms with Crippen LogP contribution in [0.5, 0.6) is 5.75 Å². The number of anilines is 2. The van der Waals surface area contributed by atoms with Gasteiger partial charge in [0.15, 0.2) is 0 Å². The molecular formula is C15H25N3O3. The Balaban J connectivity index is 2.25. The van der Waals surface area contributed by atoms with E-state index < -0.39 is 11.7 Å². The van der Waals surface area contributed by atoms with Crippen molar-refractivity contribution in [3.8, 4) is 5.75 Å². The smallest absolute Gasteiger partial charge is 0.407 e. The topological polar surface area (TPSA) is 85.6 Å². The van der Waals surface area contributed by atoms with Crippen LogP contribution in [-0.4, -0.2) is 31.9 Å². The molecule has 0 spiro atoms. The number of benzene rings is 1. The second kappa shape index (κ2) is 7.61. The minimum atomic E-state index is -0.472. The predicted molar refractivity (Wildman–Crippen MR) is 84.7 cm³/mol. The first-order chi connectivity index (χ1) is 9.80. The molecule has 6 heteroatoms. The maximum absolute atomic E-state index is 11.4. The van der Waals surface area contributed by atoms with Crippen molar-refractivity contribution in [1.82, 2.24) is 5.32 Å². The SMILES string of the molecule is COc1cc(N)cc(NCCCNC(=O)OC(C)(C)C)c1. The summed E-state index contributed by atoms with van der Waals surface area (Å²) in [6, 6.07) is 5.47. The fraction of sp³-hybridized carbons (Fsp3) is 0.533. The van der Waals surface area contributed by atoms with Crippen LogP contribution in [0.4, 0.5) is 16.2 Å². The Hall–Kier alpha value is -2.11. The van der Waals surface area contributed by atoms with Crippen molar-refractivity contribution in [2.24, 2.45) is 0 Å². The summed E-state index contributed by atoms with van der Waals surface area (Å²) in [4.78, 5) is 11.4. The normalized spacial score (nSPS) is 10.9. The third-order valence-electron chi connectivity index (χ3n) is 2.52. The Labute approximate surface area is 126 Å². The van der Waals surface area contributed by atoms with Gasteiger partial charge in [0, 0.05) is 36.6 Å². The van der Waals surface area contributed by atoms with E-state index >= 15 is 0 Å². The molecule has 0 saturated carbocycles. The van der Waals surface area contributed by atoms with Crippen LogP contribution in [0.2, 0.25) is 0 Å². The molecule has 1 aromatic carbocycles. The molecule has 6 nitrogen and oxygen atoms in total. The summed E-state index contributed by atoms with van der Waals surface area (Å²) in [5.41, 5.74) is 6.83. The monoisotopic (exact) mass is 295 g/mol. The minimum absolute atomic E-state index is 0.395. The van der Waals surface area contributed by atoms with E-state index in [0.29, 0.717) is 24.5 Å². The van der Waals surface area contributed by atoms with Crippen molar-refractivity contribution in [1.29, 1.82) is 0 Å². The van der Waals surface area contributed by atoms with Gasteiger partial charge in [-0.2, -0.15) is 0 Å².